The van der Waals surface area contributed by atoms with E-state index in [0.717, 1.165) is 46.9 Å². The maximum absolute atomic E-state index is 14.7. The smallest absolute Gasteiger partial charge is 0.314 e. The van der Waals surface area contributed by atoms with Gasteiger partial charge in [-0.2, -0.15) is 26.3 Å². The van der Waals surface area contributed by atoms with Gasteiger partial charge in [0, 0.05) is 23.2 Å². The van der Waals surface area contributed by atoms with Gasteiger partial charge in [0.15, 0.2) is 0 Å². The summed E-state index contributed by atoms with van der Waals surface area (Å²) in [6.07, 6.45) is -11.4. The van der Waals surface area contributed by atoms with E-state index in [0.29, 0.717) is 28.9 Å². The molecule has 1 saturated heterocycles. The molecule has 2 amide bonds. The molecule has 1 fully saturated rings. The van der Waals surface area contributed by atoms with Crippen LogP contribution >= 0.6 is 7.14 Å². The summed E-state index contributed by atoms with van der Waals surface area (Å²) < 4.78 is 98.8. The van der Waals surface area contributed by atoms with Crippen LogP contribution < -0.4 is 15.5 Å². The van der Waals surface area contributed by atoms with E-state index in [2.05, 4.69) is 0 Å². The molecule has 4 rings (SSSR count). The zero-order valence-electron chi connectivity index (χ0n) is 21.2. The Kier molecular flexibility index (Phi) is 7.32. The Morgan fingerprint density at radius 1 is 0.795 bits per heavy atom. The minimum atomic E-state index is -5.03. The molecule has 0 unspecified atom stereocenters. The van der Waals surface area contributed by atoms with Gasteiger partial charge in [0.05, 0.1) is 22.7 Å². The molecule has 0 radical (unpaired) electrons. The van der Waals surface area contributed by atoms with Gasteiger partial charge in [-0.15, -0.1) is 0 Å². The van der Waals surface area contributed by atoms with Crippen LogP contribution in [0.2, 0.25) is 0 Å². The van der Waals surface area contributed by atoms with Gasteiger partial charge < -0.3 is 4.57 Å². The molecule has 39 heavy (non-hydrogen) atoms. The van der Waals surface area contributed by atoms with Crippen molar-refractivity contribution in [1.29, 1.82) is 0 Å². The number of benzene rings is 3. The van der Waals surface area contributed by atoms with E-state index in [4.69, 9.17) is 0 Å². The Labute approximate surface area is 221 Å². The third-order valence-electron chi connectivity index (χ3n) is 6.77. The maximum atomic E-state index is 14.7. The number of amides is 2. The topological polar surface area (TPSA) is 54.5 Å². The Balaban J connectivity index is 1.90. The van der Waals surface area contributed by atoms with Crippen LogP contribution in [0.3, 0.4) is 0 Å². The van der Waals surface area contributed by atoms with E-state index < -0.39 is 71.5 Å². The summed E-state index contributed by atoms with van der Waals surface area (Å²) in [4.78, 5) is 27.5. The average Bonchev–Trinajstić information content (AvgIpc) is 3.10. The lowest BCUT2D eigenvalue weighted by Gasteiger charge is -2.27. The average molecular weight is 567 g/mol. The summed E-state index contributed by atoms with van der Waals surface area (Å²) in [5.74, 6) is -2.88. The summed E-state index contributed by atoms with van der Waals surface area (Å²) in [6, 6.07) is 10.9. The van der Waals surface area contributed by atoms with Gasteiger partial charge in [-0.1, -0.05) is 54.1 Å². The summed E-state index contributed by atoms with van der Waals surface area (Å²) in [6.45, 7) is 5.20. The second kappa shape index (κ2) is 9.97. The molecular formula is C28H24F6NO3P. The van der Waals surface area contributed by atoms with Crippen molar-refractivity contribution in [2.24, 2.45) is 5.92 Å². The lowest BCUT2D eigenvalue weighted by atomic mass is 10.0. The van der Waals surface area contributed by atoms with E-state index in [-0.39, 0.29) is 0 Å². The molecule has 1 atom stereocenters. The van der Waals surface area contributed by atoms with E-state index in [1.165, 1.54) is 0 Å². The molecule has 11 heteroatoms. The van der Waals surface area contributed by atoms with Crippen LogP contribution in [-0.4, -0.2) is 18.0 Å². The van der Waals surface area contributed by atoms with Crippen molar-refractivity contribution < 1.29 is 40.5 Å². The van der Waals surface area contributed by atoms with Crippen LogP contribution in [-0.2, 0) is 26.5 Å². The molecule has 1 aliphatic heterocycles. The Morgan fingerprint density at radius 2 is 1.23 bits per heavy atom. The van der Waals surface area contributed by atoms with Gasteiger partial charge in [-0.25, -0.2) is 4.90 Å². The highest BCUT2D eigenvalue weighted by atomic mass is 31.2. The van der Waals surface area contributed by atoms with E-state index in [1.54, 1.807) is 26.0 Å². The monoisotopic (exact) mass is 567 g/mol. The van der Waals surface area contributed by atoms with Crippen molar-refractivity contribution >= 4 is 35.3 Å². The molecule has 1 aliphatic rings. The normalized spacial score (nSPS) is 16.7. The van der Waals surface area contributed by atoms with Crippen LogP contribution in [0.4, 0.5) is 32.0 Å². The fraction of sp³-hybridized carbons (Fsp3) is 0.286. The first-order valence-electron chi connectivity index (χ1n) is 11.9. The summed E-state index contributed by atoms with van der Waals surface area (Å²) in [7, 11) is -4.79. The number of halogens is 6. The SMILES string of the molecule is Cc1cc(C)c(N2C(=O)C[C@H](CP(=O)(c3ccccc3C(F)(F)F)c3ccccc3C(F)(F)F)C2=O)c(C)c1. The van der Waals surface area contributed by atoms with E-state index in [9.17, 15) is 40.5 Å². The Morgan fingerprint density at radius 3 is 1.67 bits per heavy atom. The summed E-state index contributed by atoms with van der Waals surface area (Å²) in [5.41, 5.74) is -0.334. The number of aryl methyl sites for hydroxylation is 3. The predicted octanol–water partition coefficient (Wildman–Crippen LogP) is 6.54. The highest BCUT2D eigenvalue weighted by Gasteiger charge is 2.49. The number of rotatable bonds is 5. The van der Waals surface area contributed by atoms with Gasteiger partial charge in [-0.05, 0) is 44.0 Å². The fourth-order valence-corrected chi connectivity index (χ4v) is 8.68. The van der Waals surface area contributed by atoms with Crippen molar-refractivity contribution in [3.8, 4) is 0 Å². The molecule has 0 aliphatic carbocycles. The largest absolute Gasteiger partial charge is 0.417 e. The summed E-state index contributed by atoms with van der Waals surface area (Å²) in [5, 5.41) is -1.67. The number of carbonyl (C=O) groups is 2. The van der Waals surface area contributed by atoms with Crippen molar-refractivity contribution in [1.82, 2.24) is 0 Å². The van der Waals surface area contributed by atoms with Gasteiger partial charge in [0.2, 0.25) is 11.8 Å². The van der Waals surface area contributed by atoms with E-state index in [1.807, 2.05) is 6.92 Å². The van der Waals surface area contributed by atoms with Crippen molar-refractivity contribution in [2.75, 3.05) is 11.1 Å². The molecule has 0 bridgehead atoms. The first kappa shape index (κ1) is 28.6. The lowest BCUT2D eigenvalue weighted by molar-refractivity contribution is -0.137. The third-order valence-corrected chi connectivity index (χ3v) is 10.1. The second-order valence-corrected chi connectivity index (χ2v) is 12.5. The predicted molar refractivity (Wildman–Crippen MR) is 136 cm³/mol. The number of hydrogen-bond donors (Lipinski definition) is 0. The first-order chi connectivity index (χ1) is 18.1. The standard InChI is InChI=1S/C28H24F6NO3P/c1-16-12-17(2)25(18(3)13-16)35-24(36)14-19(26(35)37)15-39(38,22-10-6-4-8-20(22)27(29,30)31)23-11-7-5-9-21(23)28(32,33)34/h4-13,19H,14-15H2,1-3H3/t19-/m1/s1. The van der Waals surface area contributed by atoms with Gasteiger partial charge >= 0.3 is 12.4 Å². The molecule has 1 heterocycles. The quantitative estimate of drug-likeness (QED) is 0.200. The van der Waals surface area contributed by atoms with Crippen molar-refractivity contribution in [2.45, 2.75) is 39.5 Å². The molecule has 0 saturated carbocycles. The van der Waals surface area contributed by atoms with E-state index >= 15 is 0 Å². The fourth-order valence-electron chi connectivity index (χ4n) is 5.29. The Bertz CT molecular complexity index is 1430. The highest BCUT2D eigenvalue weighted by molar-refractivity contribution is 7.79. The number of imide groups is 1. The number of hydrogen-bond acceptors (Lipinski definition) is 3. The number of anilines is 1. The highest BCUT2D eigenvalue weighted by Crippen LogP contribution is 2.52. The number of nitrogens with zero attached hydrogens (tertiary/aromatic N) is 1. The molecule has 4 nitrogen and oxygen atoms in total. The molecular weight excluding hydrogens is 543 g/mol. The Hall–Kier alpha value is -3.39. The molecule has 0 spiro atoms. The molecule has 206 valence electrons. The van der Waals surface area contributed by atoms with Crippen LogP contribution in [0.15, 0.2) is 60.7 Å². The van der Waals surface area contributed by atoms with Crippen LogP contribution in [0.25, 0.3) is 0 Å². The minimum Gasteiger partial charge on any atom is -0.314 e. The van der Waals surface area contributed by atoms with Crippen molar-refractivity contribution in [3.05, 3.63) is 88.5 Å². The summed E-state index contributed by atoms with van der Waals surface area (Å²) >= 11 is 0. The zero-order chi connectivity index (χ0) is 28.9. The second-order valence-electron chi connectivity index (χ2n) is 9.67. The zero-order valence-corrected chi connectivity index (χ0v) is 22.0. The number of alkyl halides is 6. The lowest BCUT2D eigenvalue weighted by Crippen LogP contribution is -2.35. The third kappa shape index (κ3) is 5.26. The minimum absolute atomic E-state index is 0.305. The maximum Gasteiger partial charge on any atom is 0.417 e. The van der Waals surface area contributed by atoms with Gasteiger partial charge in [0.25, 0.3) is 0 Å². The van der Waals surface area contributed by atoms with Gasteiger partial charge in [0.1, 0.15) is 7.14 Å². The molecule has 0 aromatic heterocycles. The van der Waals surface area contributed by atoms with Gasteiger partial charge in [-0.3, -0.25) is 9.59 Å². The molecule has 3 aromatic carbocycles. The van der Waals surface area contributed by atoms with Crippen LogP contribution in [0.1, 0.15) is 34.2 Å². The number of carbonyl (C=O) groups excluding carboxylic acids is 2. The molecule has 3 aromatic rings. The molecule has 0 N–H and O–H groups in total. The first-order valence-corrected chi connectivity index (χ1v) is 13.8. The van der Waals surface area contributed by atoms with Crippen LogP contribution in [0, 0.1) is 26.7 Å². The van der Waals surface area contributed by atoms with Crippen molar-refractivity contribution in [3.63, 3.8) is 0 Å². The van der Waals surface area contributed by atoms with Crippen LogP contribution in [0.5, 0.6) is 0 Å².